The number of alkyl halides is 5. The molecule has 1 aliphatic carbocycles. The molecule has 0 bridgehead atoms. The molecule has 0 spiro atoms. The highest BCUT2D eigenvalue weighted by molar-refractivity contribution is 7.91. The molecule has 1 aliphatic rings. The molecule has 2 aromatic rings. The number of fused-ring (bicyclic) bond motifs is 1. The second kappa shape index (κ2) is 14.4. The highest BCUT2D eigenvalue weighted by Crippen LogP contribution is 2.40. The number of nitrogens with one attached hydrogen (secondary N) is 1. The minimum atomic E-state index is -5.66. The highest BCUT2D eigenvalue weighted by Gasteiger charge is 2.56. The first-order valence-electron chi connectivity index (χ1n) is 13.7. The van der Waals surface area contributed by atoms with E-state index in [1.165, 1.54) is 16.7 Å². The first-order chi connectivity index (χ1) is 18.9. The fourth-order valence-electron chi connectivity index (χ4n) is 5.02. The molecule has 5 nitrogen and oxygen atoms in total. The van der Waals surface area contributed by atoms with E-state index in [9.17, 15) is 35.5 Å². The Bertz CT molecular complexity index is 1230. The topological polar surface area (TPSA) is 79.3 Å². The molecule has 0 amide bonds. The van der Waals surface area contributed by atoms with Crippen molar-refractivity contribution in [3.63, 3.8) is 0 Å². The summed E-state index contributed by atoms with van der Waals surface area (Å²) in [4.78, 5) is 4.30. The van der Waals surface area contributed by atoms with Crippen LogP contribution in [0.1, 0.15) is 74.5 Å². The number of aromatic nitrogens is 1. The largest absolute Gasteiger partial charge is 0.508 e. The van der Waals surface area contributed by atoms with E-state index in [2.05, 4.69) is 16.4 Å². The van der Waals surface area contributed by atoms with Gasteiger partial charge in [-0.15, -0.1) is 0 Å². The highest BCUT2D eigenvalue weighted by atomic mass is 32.2. The predicted molar refractivity (Wildman–Crippen MR) is 147 cm³/mol. The smallest absolute Gasteiger partial charge is 0.453 e. The van der Waals surface area contributed by atoms with E-state index < -0.39 is 40.5 Å². The van der Waals surface area contributed by atoms with Gasteiger partial charge in [0.1, 0.15) is 15.6 Å². The Morgan fingerprint density at radius 3 is 2.40 bits per heavy atom. The molecule has 0 atom stereocenters. The van der Waals surface area contributed by atoms with Crippen LogP contribution in [-0.4, -0.2) is 55.2 Å². The number of phenols is 1. The van der Waals surface area contributed by atoms with Gasteiger partial charge in [-0.05, 0) is 110 Å². The van der Waals surface area contributed by atoms with Crippen LogP contribution < -0.4 is 5.32 Å². The molecular weight excluding hydrogens is 551 g/mol. The van der Waals surface area contributed by atoms with E-state index >= 15 is 0 Å². The number of benzene rings is 1. The van der Waals surface area contributed by atoms with Crippen LogP contribution in [0, 0.1) is 0 Å². The molecule has 3 rings (SSSR count). The van der Waals surface area contributed by atoms with Gasteiger partial charge >= 0.3 is 12.1 Å². The number of rotatable bonds is 15. The Hall–Kier alpha value is -2.53. The molecule has 0 fully saturated rings. The summed E-state index contributed by atoms with van der Waals surface area (Å²) in [6.45, 7) is 1.11. The van der Waals surface area contributed by atoms with Gasteiger partial charge in [0, 0.05) is 18.8 Å². The van der Waals surface area contributed by atoms with E-state index in [4.69, 9.17) is 0 Å². The van der Waals surface area contributed by atoms with Crippen molar-refractivity contribution in [2.75, 3.05) is 24.6 Å². The van der Waals surface area contributed by atoms with Crippen LogP contribution in [0.25, 0.3) is 11.1 Å². The van der Waals surface area contributed by atoms with Crippen LogP contribution >= 0.6 is 0 Å². The number of hydrogen-bond donors (Lipinski definition) is 2. The number of aromatic hydroxyl groups is 1. The number of aryl methyl sites for hydroxylation is 1. The Balaban J connectivity index is 1.41. The Labute approximate surface area is 232 Å². The number of unbranched alkanes of at least 4 members (excludes halogenated alkanes) is 2. The summed E-state index contributed by atoms with van der Waals surface area (Å²) in [6, 6.07) is 9.59. The third-order valence-corrected chi connectivity index (χ3v) is 8.93. The maximum absolute atomic E-state index is 12.9. The molecule has 0 saturated carbocycles. The SMILES string of the molecule is O=S(=O)(CCCNCCCCCC1=C(c2cccnc2)CCCc2cc(O)ccc21)CCCC(F)(F)C(F)(F)F. The standard InChI is InChI=1S/C29H37F5N2O3S/c30-28(31,29(32,33)34)14-6-18-40(38,39)19-7-17-35-15-3-1-2-10-27-25(23-9-5-16-36-21-23)11-4-8-22-20-24(37)12-13-26(22)27/h5,9,12-13,16,20-21,35,37H,1-4,6-8,10-11,14-15,17-19H2. The number of sulfone groups is 1. The molecule has 0 radical (unpaired) electrons. The molecule has 1 heterocycles. The fraction of sp³-hybridized carbons (Fsp3) is 0.552. The first kappa shape index (κ1) is 32.0. The zero-order valence-electron chi connectivity index (χ0n) is 22.4. The Kier molecular flexibility index (Phi) is 11.5. The number of allylic oxidation sites excluding steroid dienone is 2. The number of pyridine rings is 1. The lowest BCUT2D eigenvalue weighted by atomic mass is 9.89. The van der Waals surface area contributed by atoms with Crippen molar-refractivity contribution in [1.82, 2.24) is 10.3 Å². The molecule has 0 unspecified atom stereocenters. The van der Waals surface area contributed by atoms with Crippen LogP contribution in [0.4, 0.5) is 22.0 Å². The maximum atomic E-state index is 12.9. The summed E-state index contributed by atoms with van der Waals surface area (Å²) in [5, 5.41) is 13.2. The minimum Gasteiger partial charge on any atom is -0.508 e. The van der Waals surface area contributed by atoms with Crippen LogP contribution in [0.2, 0.25) is 0 Å². The van der Waals surface area contributed by atoms with E-state index in [0.29, 0.717) is 13.1 Å². The van der Waals surface area contributed by atoms with Crippen LogP contribution in [-0.2, 0) is 16.3 Å². The molecule has 40 heavy (non-hydrogen) atoms. The molecule has 1 aromatic heterocycles. The summed E-state index contributed by atoms with van der Waals surface area (Å²) in [5.74, 6) is -5.54. The normalized spacial score (nSPS) is 14.7. The van der Waals surface area contributed by atoms with Crippen molar-refractivity contribution >= 4 is 21.0 Å². The number of hydrogen-bond acceptors (Lipinski definition) is 5. The van der Waals surface area contributed by atoms with Gasteiger partial charge in [-0.25, -0.2) is 8.42 Å². The third kappa shape index (κ3) is 9.54. The van der Waals surface area contributed by atoms with E-state index in [-0.39, 0.29) is 17.9 Å². The summed E-state index contributed by atoms with van der Waals surface area (Å²) in [5.41, 5.74) is 6.02. The van der Waals surface area contributed by atoms with Gasteiger partial charge in [0.05, 0.1) is 11.5 Å². The summed E-state index contributed by atoms with van der Waals surface area (Å²) < 4.78 is 86.4. The number of halogens is 5. The van der Waals surface area contributed by atoms with Crippen molar-refractivity contribution in [3.05, 3.63) is 59.4 Å². The fourth-order valence-corrected chi connectivity index (χ4v) is 6.40. The van der Waals surface area contributed by atoms with Crippen molar-refractivity contribution in [1.29, 1.82) is 0 Å². The molecular formula is C29H37F5N2O3S. The van der Waals surface area contributed by atoms with Crippen LogP contribution in [0.15, 0.2) is 42.7 Å². The molecule has 11 heteroatoms. The Morgan fingerprint density at radius 2 is 1.68 bits per heavy atom. The molecule has 0 saturated heterocycles. The molecule has 0 aliphatic heterocycles. The summed E-state index contributed by atoms with van der Waals surface area (Å²) in [7, 11) is -3.69. The average molecular weight is 589 g/mol. The molecule has 222 valence electrons. The molecule has 1 aromatic carbocycles. The van der Waals surface area contributed by atoms with Gasteiger partial charge in [-0.2, -0.15) is 22.0 Å². The summed E-state index contributed by atoms with van der Waals surface area (Å²) in [6.07, 6.45) is 2.50. The van der Waals surface area contributed by atoms with Gasteiger partial charge in [-0.3, -0.25) is 4.98 Å². The summed E-state index contributed by atoms with van der Waals surface area (Å²) >= 11 is 0. The number of phenolic OH excluding ortho intramolecular Hbond substituents is 1. The predicted octanol–water partition coefficient (Wildman–Crippen LogP) is 6.97. The quantitative estimate of drug-likeness (QED) is 0.174. The lowest BCUT2D eigenvalue weighted by Crippen LogP contribution is -2.36. The first-order valence-corrected chi connectivity index (χ1v) is 15.5. The zero-order valence-corrected chi connectivity index (χ0v) is 23.3. The monoisotopic (exact) mass is 588 g/mol. The number of nitrogens with zero attached hydrogens (tertiary/aromatic N) is 1. The average Bonchev–Trinajstić information content (AvgIpc) is 3.06. The van der Waals surface area contributed by atoms with Gasteiger partial charge < -0.3 is 10.4 Å². The van der Waals surface area contributed by atoms with Crippen molar-refractivity contribution < 1.29 is 35.5 Å². The van der Waals surface area contributed by atoms with E-state index in [1.807, 2.05) is 24.4 Å². The van der Waals surface area contributed by atoms with Crippen molar-refractivity contribution in [2.45, 2.75) is 76.3 Å². The zero-order chi connectivity index (χ0) is 29.2. The molecule has 2 N–H and O–H groups in total. The lowest BCUT2D eigenvalue weighted by molar-refractivity contribution is -0.284. The van der Waals surface area contributed by atoms with E-state index in [0.717, 1.165) is 56.1 Å². The maximum Gasteiger partial charge on any atom is 0.453 e. The van der Waals surface area contributed by atoms with Crippen molar-refractivity contribution in [3.8, 4) is 5.75 Å². The van der Waals surface area contributed by atoms with Gasteiger partial charge in [0.2, 0.25) is 0 Å². The lowest BCUT2D eigenvalue weighted by Gasteiger charge is -2.19. The van der Waals surface area contributed by atoms with Gasteiger partial charge in [0.15, 0.2) is 0 Å². The second-order valence-electron chi connectivity index (χ2n) is 10.3. The van der Waals surface area contributed by atoms with Crippen LogP contribution in [0.3, 0.4) is 0 Å². The van der Waals surface area contributed by atoms with Crippen LogP contribution in [0.5, 0.6) is 5.75 Å². The van der Waals surface area contributed by atoms with Crippen molar-refractivity contribution in [2.24, 2.45) is 0 Å². The van der Waals surface area contributed by atoms with E-state index in [1.54, 1.807) is 12.3 Å². The van der Waals surface area contributed by atoms with Gasteiger partial charge in [0.25, 0.3) is 0 Å². The second-order valence-corrected chi connectivity index (χ2v) is 12.6. The minimum absolute atomic E-state index is 0.252. The third-order valence-electron chi connectivity index (χ3n) is 7.11. The Morgan fingerprint density at radius 1 is 0.925 bits per heavy atom. The van der Waals surface area contributed by atoms with Gasteiger partial charge in [-0.1, -0.05) is 18.6 Å².